The summed E-state index contributed by atoms with van der Waals surface area (Å²) in [5.74, 6) is 0. The van der Waals surface area contributed by atoms with E-state index in [1.54, 1.807) is 0 Å². The lowest BCUT2D eigenvalue weighted by molar-refractivity contribution is 0.471. The van der Waals surface area contributed by atoms with Crippen molar-refractivity contribution in [2.75, 3.05) is 11.9 Å². The Labute approximate surface area is 126 Å². The van der Waals surface area contributed by atoms with Gasteiger partial charge in [0.15, 0.2) is 0 Å². The highest BCUT2D eigenvalue weighted by atomic mass is 15.3. The molecule has 0 amide bonds. The smallest absolute Gasteiger partial charge is 0.0651 e. The SMILES string of the molecule is CN1C2=C(CCC=C2)N(c2ccccc2)C2=C1CCC=C2. The van der Waals surface area contributed by atoms with Gasteiger partial charge in [-0.25, -0.2) is 0 Å². The Bertz CT molecular complexity index is 677. The van der Waals surface area contributed by atoms with Crippen LogP contribution < -0.4 is 4.90 Å². The fourth-order valence-electron chi connectivity index (χ4n) is 3.52. The molecule has 21 heavy (non-hydrogen) atoms. The van der Waals surface area contributed by atoms with Gasteiger partial charge in [0, 0.05) is 24.1 Å². The van der Waals surface area contributed by atoms with Gasteiger partial charge >= 0.3 is 0 Å². The van der Waals surface area contributed by atoms with E-state index in [0.29, 0.717) is 0 Å². The van der Waals surface area contributed by atoms with Crippen molar-refractivity contribution in [2.45, 2.75) is 25.7 Å². The molecule has 0 atom stereocenters. The number of anilines is 1. The number of nitrogens with zero attached hydrogens (tertiary/aromatic N) is 2. The summed E-state index contributed by atoms with van der Waals surface area (Å²) in [6.07, 6.45) is 13.7. The summed E-state index contributed by atoms with van der Waals surface area (Å²) in [6.45, 7) is 0. The molecular formula is C19H20N2. The number of benzene rings is 1. The molecule has 0 saturated carbocycles. The van der Waals surface area contributed by atoms with Gasteiger partial charge in [-0.1, -0.05) is 30.4 Å². The topological polar surface area (TPSA) is 6.48 Å². The Kier molecular flexibility index (Phi) is 2.95. The normalized spacial score (nSPS) is 20.8. The summed E-state index contributed by atoms with van der Waals surface area (Å²) < 4.78 is 0. The van der Waals surface area contributed by atoms with Crippen molar-refractivity contribution in [1.29, 1.82) is 0 Å². The Morgan fingerprint density at radius 3 is 2.24 bits per heavy atom. The van der Waals surface area contributed by atoms with E-state index in [1.165, 1.54) is 28.5 Å². The maximum absolute atomic E-state index is 2.46. The minimum atomic E-state index is 1.11. The Morgan fingerprint density at radius 1 is 0.810 bits per heavy atom. The van der Waals surface area contributed by atoms with Crippen LogP contribution >= 0.6 is 0 Å². The largest absolute Gasteiger partial charge is 0.345 e. The van der Waals surface area contributed by atoms with Crippen LogP contribution in [0.4, 0.5) is 5.69 Å². The quantitative estimate of drug-likeness (QED) is 0.742. The molecule has 2 aliphatic carbocycles. The lowest BCUT2D eigenvalue weighted by Crippen LogP contribution is -2.36. The number of rotatable bonds is 1. The molecule has 1 aromatic rings. The zero-order valence-corrected chi connectivity index (χ0v) is 12.4. The van der Waals surface area contributed by atoms with Crippen molar-refractivity contribution in [3.05, 3.63) is 77.4 Å². The van der Waals surface area contributed by atoms with Gasteiger partial charge in [0.05, 0.1) is 11.4 Å². The van der Waals surface area contributed by atoms with Crippen LogP contribution in [0.5, 0.6) is 0 Å². The minimum absolute atomic E-state index is 1.11. The molecule has 0 aromatic heterocycles. The number of para-hydroxylation sites is 1. The molecule has 0 fully saturated rings. The molecule has 1 aliphatic heterocycles. The third-order valence-electron chi connectivity index (χ3n) is 4.53. The van der Waals surface area contributed by atoms with Crippen molar-refractivity contribution < 1.29 is 0 Å². The van der Waals surface area contributed by atoms with Crippen molar-refractivity contribution in [1.82, 2.24) is 4.90 Å². The monoisotopic (exact) mass is 276 g/mol. The Balaban J connectivity index is 1.91. The van der Waals surface area contributed by atoms with Crippen molar-refractivity contribution in [3.8, 4) is 0 Å². The number of likely N-dealkylation sites (N-methyl/N-ethyl adjacent to an activating group) is 1. The van der Waals surface area contributed by atoms with Gasteiger partial charge in [-0.2, -0.15) is 0 Å². The first kappa shape index (κ1) is 12.5. The van der Waals surface area contributed by atoms with Crippen molar-refractivity contribution in [3.63, 3.8) is 0 Å². The standard InChI is InChI=1S/C19H20N2/c1-20-16-11-5-7-13-18(16)21(15-9-3-2-4-10-15)19-14-8-6-12-17(19)20/h2-5,8-11,14H,6-7,12-13H2,1H3. The van der Waals surface area contributed by atoms with E-state index < -0.39 is 0 Å². The zero-order chi connectivity index (χ0) is 14.2. The molecule has 2 heteroatoms. The predicted molar refractivity (Wildman–Crippen MR) is 87.5 cm³/mol. The molecule has 1 aromatic carbocycles. The van der Waals surface area contributed by atoms with E-state index in [1.807, 2.05) is 0 Å². The van der Waals surface area contributed by atoms with Crippen LogP contribution in [-0.4, -0.2) is 11.9 Å². The molecule has 1 heterocycles. The first-order valence-corrected chi connectivity index (χ1v) is 7.74. The van der Waals surface area contributed by atoms with Gasteiger partial charge in [-0.05, 0) is 50.0 Å². The first-order valence-electron chi connectivity index (χ1n) is 7.74. The second-order valence-corrected chi connectivity index (χ2v) is 5.78. The van der Waals surface area contributed by atoms with Crippen LogP contribution in [-0.2, 0) is 0 Å². The molecule has 106 valence electrons. The predicted octanol–water partition coefficient (Wildman–Crippen LogP) is 4.56. The van der Waals surface area contributed by atoms with E-state index >= 15 is 0 Å². The summed E-state index contributed by atoms with van der Waals surface area (Å²) in [4.78, 5) is 4.85. The van der Waals surface area contributed by atoms with Crippen LogP contribution in [0.3, 0.4) is 0 Å². The minimum Gasteiger partial charge on any atom is -0.345 e. The Hall–Kier alpha value is -2.22. The van der Waals surface area contributed by atoms with Crippen molar-refractivity contribution >= 4 is 5.69 Å². The molecule has 0 radical (unpaired) electrons. The number of allylic oxidation sites excluding steroid dienone is 6. The maximum Gasteiger partial charge on any atom is 0.0651 e. The highest BCUT2D eigenvalue weighted by Gasteiger charge is 2.31. The lowest BCUT2D eigenvalue weighted by Gasteiger charge is -2.43. The van der Waals surface area contributed by atoms with E-state index in [4.69, 9.17) is 0 Å². The van der Waals surface area contributed by atoms with Gasteiger partial charge in [-0.15, -0.1) is 0 Å². The zero-order valence-electron chi connectivity index (χ0n) is 12.4. The molecule has 0 N–H and O–H groups in total. The number of hydrogen-bond donors (Lipinski definition) is 0. The van der Waals surface area contributed by atoms with Gasteiger partial charge in [-0.3, -0.25) is 0 Å². The molecule has 3 aliphatic rings. The van der Waals surface area contributed by atoms with E-state index in [2.05, 4.69) is 71.5 Å². The van der Waals surface area contributed by atoms with Gasteiger partial charge < -0.3 is 9.80 Å². The van der Waals surface area contributed by atoms with Crippen molar-refractivity contribution in [2.24, 2.45) is 0 Å². The van der Waals surface area contributed by atoms with Gasteiger partial charge in [0.2, 0.25) is 0 Å². The molecule has 0 spiro atoms. The summed E-state index contributed by atoms with van der Waals surface area (Å²) in [5, 5.41) is 0. The van der Waals surface area contributed by atoms with E-state index in [-0.39, 0.29) is 0 Å². The van der Waals surface area contributed by atoms with Crippen LogP contribution in [0, 0.1) is 0 Å². The summed E-state index contributed by atoms with van der Waals surface area (Å²) in [7, 11) is 2.21. The maximum atomic E-state index is 2.46. The molecule has 2 nitrogen and oxygen atoms in total. The summed E-state index contributed by atoms with van der Waals surface area (Å²) in [6, 6.07) is 10.8. The van der Waals surface area contributed by atoms with E-state index in [9.17, 15) is 0 Å². The Morgan fingerprint density at radius 2 is 1.48 bits per heavy atom. The van der Waals surface area contributed by atoms with Gasteiger partial charge in [0.25, 0.3) is 0 Å². The van der Waals surface area contributed by atoms with Crippen LogP contribution in [0.2, 0.25) is 0 Å². The molecule has 0 bridgehead atoms. The fraction of sp³-hybridized carbons (Fsp3) is 0.263. The molecular weight excluding hydrogens is 256 g/mol. The second kappa shape index (κ2) is 4.96. The summed E-state index contributed by atoms with van der Waals surface area (Å²) >= 11 is 0. The van der Waals surface area contributed by atoms with Crippen LogP contribution in [0.15, 0.2) is 77.4 Å². The van der Waals surface area contributed by atoms with Crippen LogP contribution in [0.25, 0.3) is 0 Å². The first-order chi connectivity index (χ1) is 10.4. The van der Waals surface area contributed by atoms with Gasteiger partial charge in [0.1, 0.15) is 0 Å². The molecule has 0 unspecified atom stereocenters. The fourth-order valence-corrected chi connectivity index (χ4v) is 3.52. The second-order valence-electron chi connectivity index (χ2n) is 5.78. The summed E-state index contributed by atoms with van der Waals surface area (Å²) in [5.41, 5.74) is 6.85. The average Bonchev–Trinajstić information content (AvgIpc) is 2.56. The average molecular weight is 276 g/mol. The van der Waals surface area contributed by atoms with Crippen LogP contribution in [0.1, 0.15) is 25.7 Å². The third kappa shape index (κ3) is 1.94. The third-order valence-corrected chi connectivity index (χ3v) is 4.53. The molecule has 0 saturated heterocycles. The highest BCUT2D eigenvalue weighted by Crippen LogP contribution is 2.41. The van der Waals surface area contributed by atoms with E-state index in [0.717, 1.165) is 25.7 Å². The molecule has 4 rings (SSSR count). The number of hydrogen-bond acceptors (Lipinski definition) is 2. The highest BCUT2D eigenvalue weighted by molar-refractivity contribution is 5.65. The lowest BCUT2D eigenvalue weighted by atomic mass is 9.96.